The van der Waals surface area contributed by atoms with E-state index in [2.05, 4.69) is 0 Å². The Bertz CT molecular complexity index is 623. The first-order valence-electron chi connectivity index (χ1n) is 5.42. The van der Waals surface area contributed by atoms with Gasteiger partial charge in [-0.3, -0.25) is 9.59 Å². The van der Waals surface area contributed by atoms with Crippen molar-refractivity contribution < 1.29 is 14.3 Å². The van der Waals surface area contributed by atoms with Gasteiger partial charge in [0.05, 0.1) is 10.6 Å². The molecule has 4 nitrogen and oxygen atoms in total. The Balaban J connectivity index is 2.21. The molecule has 2 rings (SSSR count). The van der Waals surface area contributed by atoms with E-state index in [1.54, 1.807) is 30.3 Å². The molecule has 2 N–H and O–H groups in total. The first kappa shape index (κ1) is 13.1. The van der Waals surface area contributed by atoms with Gasteiger partial charge in [-0.1, -0.05) is 11.6 Å². The zero-order valence-electron chi connectivity index (χ0n) is 9.80. The van der Waals surface area contributed by atoms with E-state index in [1.165, 1.54) is 12.1 Å². The monoisotopic (exact) mass is 275 g/mol. The average Bonchev–Trinajstić information content (AvgIpc) is 2.39. The zero-order valence-corrected chi connectivity index (χ0v) is 10.6. The Morgan fingerprint density at radius 2 is 1.74 bits per heavy atom. The van der Waals surface area contributed by atoms with Crippen molar-refractivity contribution in [3.63, 3.8) is 0 Å². The second kappa shape index (κ2) is 5.54. The number of primary amides is 1. The van der Waals surface area contributed by atoms with E-state index >= 15 is 0 Å². The van der Waals surface area contributed by atoms with Crippen LogP contribution in [-0.2, 0) is 0 Å². The number of carbonyl (C=O) groups excluding carboxylic acids is 2. The Kier molecular flexibility index (Phi) is 3.82. The molecule has 2 aromatic rings. The number of nitrogens with two attached hydrogens (primary N) is 1. The van der Waals surface area contributed by atoms with Crippen molar-refractivity contribution in [2.75, 3.05) is 0 Å². The largest absolute Gasteiger partial charge is 0.457 e. The summed E-state index contributed by atoms with van der Waals surface area (Å²) < 4.78 is 5.54. The van der Waals surface area contributed by atoms with Crippen LogP contribution in [0, 0.1) is 0 Å². The van der Waals surface area contributed by atoms with E-state index in [9.17, 15) is 9.59 Å². The Labute approximate surface area is 114 Å². The molecule has 0 saturated heterocycles. The maximum Gasteiger partial charge on any atom is 0.250 e. The summed E-state index contributed by atoms with van der Waals surface area (Å²) in [6, 6.07) is 11.2. The maximum absolute atomic E-state index is 11.0. The number of ether oxygens (including phenoxy) is 1. The van der Waals surface area contributed by atoms with Gasteiger partial charge >= 0.3 is 0 Å². The van der Waals surface area contributed by atoms with Gasteiger partial charge < -0.3 is 10.5 Å². The van der Waals surface area contributed by atoms with Gasteiger partial charge in [0.15, 0.2) is 0 Å². The van der Waals surface area contributed by atoms with Gasteiger partial charge in [0.2, 0.25) is 5.91 Å². The van der Waals surface area contributed by atoms with Crippen molar-refractivity contribution in [3.05, 3.63) is 58.6 Å². The van der Waals surface area contributed by atoms with Crippen molar-refractivity contribution in [1.29, 1.82) is 0 Å². The lowest BCUT2D eigenvalue weighted by molar-refractivity contribution is 0.1000. The highest BCUT2D eigenvalue weighted by Crippen LogP contribution is 2.26. The molecule has 0 aliphatic heterocycles. The summed E-state index contributed by atoms with van der Waals surface area (Å²) >= 11 is 5.91. The SMILES string of the molecule is NC(=O)c1ccc(Oc2ccc(C=O)cc2)cc1Cl. The van der Waals surface area contributed by atoms with E-state index in [4.69, 9.17) is 22.1 Å². The molecule has 19 heavy (non-hydrogen) atoms. The number of carbonyl (C=O) groups is 2. The molecule has 0 bridgehead atoms. The predicted octanol–water partition coefficient (Wildman–Crippen LogP) is 3.04. The summed E-state index contributed by atoms with van der Waals surface area (Å²) in [6.45, 7) is 0. The number of rotatable bonds is 4. The average molecular weight is 276 g/mol. The van der Waals surface area contributed by atoms with Crippen LogP contribution in [0.1, 0.15) is 20.7 Å². The molecule has 0 spiro atoms. The lowest BCUT2D eigenvalue weighted by Gasteiger charge is -2.07. The predicted molar refractivity (Wildman–Crippen MR) is 71.9 cm³/mol. The summed E-state index contributed by atoms with van der Waals surface area (Å²) in [7, 11) is 0. The minimum absolute atomic E-state index is 0.231. The van der Waals surface area contributed by atoms with Crippen LogP contribution in [0.4, 0.5) is 0 Å². The summed E-state index contributed by atoms with van der Waals surface area (Å²) in [5, 5.41) is 0.231. The molecule has 0 atom stereocenters. The van der Waals surface area contributed by atoms with Crippen LogP contribution in [-0.4, -0.2) is 12.2 Å². The van der Waals surface area contributed by atoms with Crippen LogP contribution in [0.2, 0.25) is 5.02 Å². The van der Waals surface area contributed by atoms with E-state index in [1.807, 2.05) is 0 Å². The standard InChI is InChI=1S/C14H10ClNO3/c15-13-7-11(5-6-12(13)14(16)18)19-10-3-1-9(8-17)2-4-10/h1-8H,(H2,16,18). The van der Waals surface area contributed by atoms with Crippen LogP contribution in [0.3, 0.4) is 0 Å². The Hall–Kier alpha value is -2.33. The Morgan fingerprint density at radius 3 is 2.26 bits per heavy atom. The van der Waals surface area contributed by atoms with Crippen molar-refractivity contribution in [2.24, 2.45) is 5.73 Å². The van der Waals surface area contributed by atoms with E-state index in [0.717, 1.165) is 6.29 Å². The highest BCUT2D eigenvalue weighted by molar-refractivity contribution is 6.33. The quantitative estimate of drug-likeness (QED) is 0.872. The third kappa shape index (κ3) is 3.11. The molecule has 0 aliphatic rings. The first-order valence-corrected chi connectivity index (χ1v) is 5.80. The second-order valence-electron chi connectivity index (χ2n) is 3.79. The molecule has 0 unspecified atom stereocenters. The molecule has 96 valence electrons. The molecule has 5 heteroatoms. The third-order valence-corrected chi connectivity index (χ3v) is 2.77. The Morgan fingerprint density at radius 1 is 1.11 bits per heavy atom. The summed E-state index contributed by atoms with van der Waals surface area (Å²) in [6.07, 6.45) is 0.752. The number of aldehydes is 1. The molecule has 0 saturated carbocycles. The molecule has 0 aromatic heterocycles. The van der Waals surface area contributed by atoms with Gasteiger partial charge in [0.25, 0.3) is 0 Å². The lowest BCUT2D eigenvalue weighted by Crippen LogP contribution is -2.11. The van der Waals surface area contributed by atoms with Crippen molar-refractivity contribution in [3.8, 4) is 11.5 Å². The smallest absolute Gasteiger partial charge is 0.250 e. The van der Waals surface area contributed by atoms with E-state index in [0.29, 0.717) is 17.1 Å². The van der Waals surface area contributed by atoms with Crippen molar-refractivity contribution >= 4 is 23.8 Å². The molecule has 1 amide bonds. The fraction of sp³-hybridized carbons (Fsp3) is 0. The van der Waals surface area contributed by atoms with Gasteiger partial charge in [-0.2, -0.15) is 0 Å². The van der Waals surface area contributed by atoms with Gasteiger partial charge in [-0.05, 0) is 36.4 Å². The van der Waals surface area contributed by atoms with E-state index in [-0.39, 0.29) is 10.6 Å². The number of benzene rings is 2. The van der Waals surface area contributed by atoms with Crippen LogP contribution in [0.5, 0.6) is 11.5 Å². The lowest BCUT2D eigenvalue weighted by atomic mass is 10.2. The molecule has 0 aliphatic carbocycles. The van der Waals surface area contributed by atoms with Crippen molar-refractivity contribution in [2.45, 2.75) is 0 Å². The fourth-order valence-corrected chi connectivity index (χ4v) is 1.77. The van der Waals surface area contributed by atoms with Crippen LogP contribution in [0.25, 0.3) is 0 Å². The molecule has 2 aromatic carbocycles. The molecular formula is C14H10ClNO3. The van der Waals surface area contributed by atoms with Gasteiger partial charge in [0.1, 0.15) is 17.8 Å². The number of amides is 1. The van der Waals surface area contributed by atoms with Crippen LogP contribution >= 0.6 is 11.6 Å². The minimum Gasteiger partial charge on any atom is -0.457 e. The van der Waals surface area contributed by atoms with E-state index < -0.39 is 5.91 Å². The normalized spacial score (nSPS) is 9.95. The third-order valence-electron chi connectivity index (χ3n) is 2.46. The molecule has 0 fully saturated rings. The summed E-state index contributed by atoms with van der Waals surface area (Å²) in [4.78, 5) is 21.5. The minimum atomic E-state index is -0.591. The second-order valence-corrected chi connectivity index (χ2v) is 4.20. The zero-order chi connectivity index (χ0) is 13.8. The highest BCUT2D eigenvalue weighted by Gasteiger charge is 2.08. The summed E-state index contributed by atoms with van der Waals surface area (Å²) in [5.41, 5.74) is 5.96. The van der Waals surface area contributed by atoms with Crippen LogP contribution < -0.4 is 10.5 Å². The first-order chi connectivity index (χ1) is 9.10. The number of hydrogen-bond donors (Lipinski definition) is 1. The van der Waals surface area contributed by atoms with Crippen LogP contribution in [0.15, 0.2) is 42.5 Å². The molecule has 0 radical (unpaired) electrons. The topological polar surface area (TPSA) is 69.4 Å². The van der Waals surface area contributed by atoms with Gasteiger partial charge in [-0.15, -0.1) is 0 Å². The highest BCUT2D eigenvalue weighted by atomic mass is 35.5. The fourth-order valence-electron chi connectivity index (χ4n) is 1.51. The number of hydrogen-bond acceptors (Lipinski definition) is 3. The van der Waals surface area contributed by atoms with Crippen molar-refractivity contribution in [1.82, 2.24) is 0 Å². The molecule has 0 heterocycles. The van der Waals surface area contributed by atoms with Gasteiger partial charge in [-0.25, -0.2) is 0 Å². The molecular weight excluding hydrogens is 266 g/mol. The summed E-state index contributed by atoms with van der Waals surface area (Å²) in [5.74, 6) is 0.453. The number of halogens is 1. The maximum atomic E-state index is 11.0. The van der Waals surface area contributed by atoms with Gasteiger partial charge in [0, 0.05) is 11.6 Å².